The van der Waals surface area contributed by atoms with E-state index in [1.54, 1.807) is 17.0 Å². The first-order valence-electron chi connectivity index (χ1n) is 10.6. The van der Waals surface area contributed by atoms with Crippen LogP contribution in [-0.2, 0) is 4.79 Å². The number of halogens is 3. The lowest BCUT2D eigenvalue weighted by Crippen LogP contribution is -2.38. The fourth-order valence-electron chi connectivity index (χ4n) is 4.55. The Bertz CT molecular complexity index is 875. The molecule has 2 aromatic rings. The van der Waals surface area contributed by atoms with Gasteiger partial charge in [-0.05, 0) is 74.4 Å². The van der Waals surface area contributed by atoms with Crippen molar-refractivity contribution in [2.45, 2.75) is 38.3 Å². The zero-order valence-electron chi connectivity index (χ0n) is 17.2. The summed E-state index contributed by atoms with van der Waals surface area (Å²) in [7, 11) is 0. The molecule has 2 fully saturated rings. The van der Waals surface area contributed by atoms with Crippen LogP contribution in [0.4, 0.5) is 18.9 Å². The normalized spacial score (nSPS) is 23.9. The third-order valence-electron chi connectivity index (χ3n) is 6.35. The smallest absolute Gasteiger partial charge is 0.422 e. The van der Waals surface area contributed by atoms with Gasteiger partial charge in [-0.15, -0.1) is 0 Å². The van der Waals surface area contributed by atoms with Gasteiger partial charge in [0, 0.05) is 12.2 Å². The highest BCUT2D eigenvalue weighted by Crippen LogP contribution is 2.47. The van der Waals surface area contributed by atoms with Gasteiger partial charge in [-0.1, -0.05) is 18.2 Å². The highest BCUT2D eigenvalue weighted by Gasteiger charge is 2.48. The van der Waals surface area contributed by atoms with E-state index in [1.807, 2.05) is 30.3 Å². The van der Waals surface area contributed by atoms with Crippen LogP contribution in [0.25, 0.3) is 0 Å². The molecule has 1 aliphatic carbocycles. The largest absolute Gasteiger partial charge is 0.493 e. The minimum absolute atomic E-state index is 0.124. The van der Waals surface area contributed by atoms with Gasteiger partial charge < -0.3 is 14.4 Å². The van der Waals surface area contributed by atoms with Crippen molar-refractivity contribution in [2.75, 3.05) is 24.7 Å². The molecular formula is C24H26F3NO3. The second-order valence-electron chi connectivity index (χ2n) is 8.45. The number of carbonyl (C=O) groups excluding carboxylic acids is 1. The van der Waals surface area contributed by atoms with E-state index in [9.17, 15) is 18.0 Å². The maximum atomic E-state index is 13.2. The molecule has 4 rings (SSSR count). The van der Waals surface area contributed by atoms with Crippen LogP contribution in [0.1, 0.15) is 32.1 Å². The van der Waals surface area contributed by atoms with Crippen LogP contribution < -0.4 is 14.4 Å². The number of anilines is 1. The van der Waals surface area contributed by atoms with Crippen molar-refractivity contribution in [1.82, 2.24) is 0 Å². The summed E-state index contributed by atoms with van der Waals surface area (Å²) in [6, 6.07) is 16.0. The zero-order valence-corrected chi connectivity index (χ0v) is 17.2. The van der Waals surface area contributed by atoms with E-state index in [1.165, 1.54) is 12.1 Å². The second-order valence-corrected chi connectivity index (χ2v) is 8.45. The molecule has 1 aliphatic heterocycles. The van der Waals surface area contributed by atoms with Crippen molar-refractivity contribution in [3.8, 4) is 11.5 Å². The number of ether oxygens (including phenoxy) is 2. The van der Waals surface area contributed by atoms with Crippen LogP contribution in [0.15, 0.2) is 54.6 Å². The number of nitrogens with zero attached hydrogens (tertiary/aromatic N) is 1. The molecule has 2 aliphatic rings. The number of hydrogen-bond acceptors (Lipinski definition) is 3. The second kappa shape index (κ2) is 8.81. The lowest BCUT2D eigenvalue weighted by atomic mass is 9.69. The molecule has 1 saturated heterocycles. The number of hydrogen-bond donors (Lipinski definition) is 0. The third kappa shape index (κ3) is 5.14. The molecule has 0 aromatic heterocycles. The summed E-state index contributed by atoms with van der Waals surface area (Å²) in [5.41, 5.74) is 0.380. The summed E-state index contributed by atoms with van der Waals surface area (Å²) >= 11 is 0. The van der Waals surface area contributed by atoms with Gasteiger partial charge in [0.25, 0.3) is 0 Å². The molecular weight excluding hydrogens is 407 g/mol. The summed E-state index contributed by atoms with van der Waals surface area (Å²) in [5.74, 6) is 1.58. The number of para-hydroxylation sites is 1. The molecule has 166 valence electrons. The highest BCUT2D eigenvalue weighted by atomic mass is 19.4. The quantitative estimate of drug-likeness (QED) is 0.594. The van der Waals surface area contributed by atoms with Gasteiger partial charge in [0.05, 0.1) is 12.0 Å². The SMILES string of the molecule is O=C1N(c2ccc(OCC(F)(F)F)cc2)CCC12CCC(COc1ccccc1)CC2. The van der Waals surface area contributed by atoms with Crippen molar-refractivity contribution in [2.24, 2.45) is 11.3 Å². The first-order chi connectivity index (χ1) is 14.8. The Morgan fingerprint density at radius 2 is 1.55 bits per heavy atom. The van der Waals surface area contributed by atoms with E-state index in [0.717, 1.165) is 37.9 Å². The molecule has 0 radical (unpaired) electrons. The Balaban J connectivity index is 1.31. The van der Waals surface area contributed by atoms with Gasteiger partial charge in [-0.25, -0.2) is 0 Å². The fraction of sp³-hybridized carbons (Fsp3) is 0.458. The van der Waals surface area contributed by atoms with Crippen LogP contribution in [0.5, 0.6) is 11.5 Å². The van der Waals surface area contributed by atoms with E-state index >= 15 is 0 Å². The van der Waals surface area contributed by atoms with Crippen LogP contribution >= 0.6 is 0 Å². The molecule has 7 heteroatoms. The van der Waals surface area contributed by atoms with Crippen molar-refractivity contribution < 1.29 is 27.4 Å². The minimum atomic E-state index is -4.37. The van der Waals surface area contributed by atoms with Gasteiger partial charge in [-0.3, -0.25) is 4.79 Å². The number of rotatable bonds is 6. The molecule has 0 N–H and O–H groups in total. The first-order valence-corrected chi connectivity index (χ1v) is 10.6. The van der Waals surface area contributed by atoms with Crippen LogP contribution in [0, 0.1) is 11.3 Å². The molecule has 0 atom stereocenters. The lowest BCUT2D eigenvalue weighted by molar-refractivity contribution is -0.153. The average molecular weight is 433 g/mol. The Morgan fingerprint density at radius 1 is 0.903 bits per heavy atom. The number of alkyl halides is 3. The van der Waals surface area contributed by atoms with Crippen LogP contribution in [-0.4, -0.2) is 31.8 Å². The van der Waals surface area contributed by atoms with Crippen molar-refractivity contribution in [3.63, 3.8) is 0 Å². The molecule has 4 nitrogen and oxygen atoms in total. The summed E-state index contributed by atoms with van der Waals surface area (Å²) in [5, 5.41) is 0. The Hall–Kier alpha value is -2.70. The molecule has 1 heterocycles. The molecule has 1 spiro atoms. The molecule has 0 unspecified atom stereocenters. The molecule has 31 heavy (non-hydrogen) atoms. The zero-order chi connectivity index (χ0) is 21.9. The van der Waals surface area contributed by atoms with Crippen molar-refractivity contribution in [1.29, 1.82) is 0 Å². The summed E-state index contributed by atoms with van der Waals surface area (Å²) in [6.45, 7) is -0.0303. The van der Waals surface area contributed by atoms with Gasteiger partial charge in [-0.2, -0.15) is 13.2 Å². The molecule has 0 bridgehead atoms. The molecule has 1 saturated carbocycles. The Morgan fingerprint density at radius 3 is 2.19 bits per heavy atom. The molecule has 1 amide bonds. The van der Waals surface area contributed by atoms with Gasteiger partial charge >= 0.3 is 6.18 Å². The Labute approximate surface area is 180 Å². The van der Waals surface area contributed by atoms with E-state index in [-0.39, 0.29) is 17.1 Å². The highest BCUT2D eigenvalue weighted by molar-refractivity contribution is 6.00. The van der Waals surface area contributed by atoms with Crippen molar-refractivity contribution in [3.05, 3.63) is 54.6 Å². The summed E-state index contributed by atoms with van der Waals surface area (Å²) in [4.78, 5) is 15.0. The maximum absolute atomic E-state index is 13.2. The average Bonchev–Trinajstić information content (AvgIpc) is 3.08. The third-order valence-corrected chi connectivity index (χ3v) is 6.35. The van der Waals surface area contributed by atoms with E-state index < -0.39 is 12.8 Å². The predicted molar refractivity (Wildman–Crippen MR) is 111 cm³/mol. The maximum Gasteiger partial charge on any atom is 0.422 e. The minimum Gasteiger partial charge on any atom is -0.493 e. The van der Waals surface area contributed by atoms with Crippen molar-refractivity contribution >= 4 is 11.6 Å². The fourth-order valence-corrected chi connectivity index (χ4v) is 4.55. The van der Waals surface area contributed by atoms with Gasteiger partial charge in [0.1, 0.15) is 11.5 Å². The topological polar surface area (TPSA) is 38.8 Å². The first kappa shape index (κ1) is 21.5. The van der Waals surface area contributed by atoms with Gasteiger partial charge in [0.15, 0.2) is 6.61 Å². The standard InChI is InChI=1S/C24H26F3NO3/c25-24(26,27)17-31-21-8-6-19(7-9-21)28-15-14-23(22(28)29)12-10-18(11-13-23)16-30-20-4-2-1-3-5-20/h1-9,18H,10-17H2. The van der Waals surface area contributed by atoms with Crippen LogP contribution in [0.3, 0.4) is 0 Å². The summed E-state index contributed by atoms with van der Waals surface area (Å²) in [6.07, 6.45) is 0.0362. The lowest BCUT2D eigenvalue weighted by Gasteiger charge is -2.35. The summed E-state index contributed by atoms with van der Waals surface area (Å²) < 4.78 is 47.5. The number of benzene rings is 2. The van der Waals surface area contributed by atoms with E-state index in [0.29, 0.717) is 24.8 Å². The van der Waals surface area contributed by atoms with Crippen LogP contribution in [0.2, 0.25) is 0 Å². The van der Waals surface area contributed by atoms with E-state index in [2.05, 4.69) is 0 Å². The molecule has 2 aromatic carbocycles. The van der Waals surface area contributed by atoms with Gasteiger partial charge in [0.2, 0.25) is 5.91 Å². The number of carbonyl (C=O) groups is 1. The monoisotopic (exact) mass is 433 g/mol. The Kier molecular flexibility index (Phi) is 6.12. The van der Waals surface area contributed by atoms with E-state index in [4.69, 9.17) is 9.47 Å². The predicted octanol–water partition coefficient (Wildman–Crippen LogP) is 5.62. The number of amides is 1.